The van der Waals surface area contributed by atoms with Crippen LogP contribution in [0, 0.1) is 0 Å². The normalized spacial score (nSPS) is 14.4. The molecule has 0 aromatic carbocycles. The van der Waals surface area contributed by atoms with Gasteiger partial charge in [0.15, 0.2) is 0 Å². The number of ether oxygens (including phenoxy) is 3. The number of aliphatic hydroxyl groups is 1. The number of nitrogens with zero attached hydrogens (tertiary/aromatic N) is 1. The fraction of sp³-hybridized carbons (Fsp3) is 0.714. The molecule has 1 unspecified atom stereocenters. The van der Waals surface area contributed by atoms with E-state index in [4.69, 9.17) is 14.2 Å². The van der Waals surface area contributed by atoms with Gasteiger partial charge in [-0.15, -0.1) is 0 Å². The molecule has 0 aliphatic heterocycles. The van der Waals surface area contributed by atoms with Crippen LogP contribution in [0.4, 0.5) is 0 Å². The summed E-state index contributed by atoms with van der Waals surface area (Å²) in [5.41, 5.74) is -2.01. The Balaban J connectivity index is 2.37. The van der Waals surface area contributed by atoms with Gasteiger partial charge in [-0.3, -0.25) is 4.79 Å². The van der Waals surface area contributed by atoms with Gasteiger partial charge >= 0.3 is 5.97 Å². The number of aliphatic hydroxyl groups excluding tert-OH is 1. The van der Waals surface area contributed by atoms with Crippen molar-refractivity contribution in [2.45, 2.75) is 76.2 Å². The zero-order chi connectivity index (χ0) is 22.0. The van der Waals surface area contributed by atoms with Crippen molar-refractivity contribution in [1.29, 1.82) is 0 Å². The molecule has 0 aliphatic rings. The van der Waals surface area contributed by atoms with E-state index in [0.29, 0.717) is 19.6 Å². The van der Waals surface area contributed by atoms with Crippen molar-refractivity contribution < 1.29 is 24.1 Å². The van der Waals surface area contributed by atoms with Crippen molar-refractivity contribution in [1.82, 2.24) is 4.98 Å². The second-order valence-electron chi connectivity index (χ2n) is 8.34. The number of carbonyl (C=O) groups excluding carboxylic acids is 1. The lowest BCUT2D eigenvalue weighted by Crippen LogP contribution is -2.41. The molecule has 0 spiro atoms. The van der Waals surface area contributed by atoms with Crippen LogP contribution < -0.4 is 0 Å². The third-order valence-corrected chi connectivity index (χ3v) is 6.48. The van der Waals surface area contributed by atoms with Crippen LogP contribution in [-0.4, -0.2) is 58.4 Å². The maximum Gasteiger partial charge on any atom is 0.309 e. The zero-order valence-corrected chi connectivity index (χ0v) is 20.0. The van der Waals surface area contributed by atoms with E-state index in [1.54, 1.807) is 41.6 Å². The quantitative estimate of drug-likeness (QED) is 0.255. The molecule has 1 aromatic rings. The Labute approximate surface area is 182 Å². The van der Waals surface area contributed by atoms with Crippen LogP contribution in [0.5, 0.6) is 0 Å². The molecule has 1 rings (SSSR count). The van der Waals surface area contributed by atoms with Gasteiger partial charge in [0.2, 0.25) is 0 Å². The molecule has 0 saturated carbocycles. The molecule has 1 N–H and O–H groups in total. The van der Waals surface area contributed by atoms with Gasteiger partial charge in [-0.05, 0) is 64.0 Å². The van der Waals surface area contributed by atoms with Gasteiger partial charge in [0, 0.05) is 11.9 Å². The number of carbonyl (C=O) groups is 1. The fourth-order valence-electron chi connectivity index (χ4n) is 2.20. The lowest BCUT2D eigenvalue weighted by atomic mass is 9.98. The first kappa shape index (κ1) is 26.2. The summed E-state index contributed by atoms with van der Waals surface area (Å²) in [5.74, 6) is 0.452. The first-order valence-corrected chi connectivity index (χ1v) is 12.1. The number of hydrogen-bond donors (Lipinski definition) is 1. The third-order valence-electron chi connectivity index (χ3n) is 4.25. The van der Waals surface area contributed by atoms with Crippen molar-refractivity contribution >= 4 is 27.6 Å². The second-order valence-corrected chi connectivity index (χ2v) is 10.8. The summed E-state index contributed by atoms with van der Waals surface area (Å²) in [6.07, 6.45) is 2.57. The molecule has 1 atom stereocenters. The van der Waals surface area contributed by atoms with Crippen molar-refractivity contribution in [3.05, 3.63) is 24.4 Å². The van der Waals surface area contributed by atoms with Crippen LogP contribution in [0.1, 0.15) is 54.4 Å². The highest BCUT2D eigenvalue weighted by Crippen LogP contribution is 2.29. The summed E-state index contributed by atoms with van der Waals surface area (Å²) in [5, 5.41) is 10.2. The molecule has 0 saturated heterocycles. The van der Waals surface area contributed by atoms with Crippen molar-refractivity contribution in [3.8, 4) is 0 Å². The van der Waals surface area contributed by atoms with Crippen LogP contribution >= 0.6 is 21.6 Å². The first-order chi connectivity index (χ1) is 13.5. The lowest BCUT2D eigenvalue weighted by molar-refractivity contribution is -0.172. The smallest absolute Gasteiger partial charge is 0.309 e. The minimum absolute atomic E-state index is 0.125. The minimum atomic E-state index is -0.890. The summed E-state index contributed by atoms with van der Waals surface area (Å²) < 4.78 is 17.4. The summed E-state index contributed by atoms with van der Waals surface area (Å²) in [7, 11) is 3.33. The molecule has 29 heavy (non-hydrogen) atoms. The third kappa shape index (κ3) is 11.2. The van der Waals surface area contributed by atoms with E-state index < -0.39 is 16.8 Å². The summed E-state index contributed by atoms with van der Waals surface area (Å²) in [4.78, 5) is 16.5. The molecule has 0 fully saturated rings. The fourth-order valence-corrected chi connectivity index (χ4v) is 3.91. The summed E-state index contributed by atoms with van der Waals surface area (Å²) in [6.45, 7) is 11.9. The van der Waals surface area contributed by atoms with Crippen LogP contribution in [0.3, 0.4) is 0 Å². The highest BCUT2D eigenvalue weighted by atomic mass is 33.1. The molecule has 1 heterocycles. The number of pyridine rings is 1. The highest BCUT2D eigenvalue weighted by molar-refractivity contribution is 8.76. The van der Waals surface area contributed by atoms with Gasteiger partial charge in [-0.25, -0.2) is 4.98 Å². The van der Waals surface area contributed by atoms with E-state index in [1.165, 1.54) is 0 Å². The Kier molecular flexibility index (Phi) is 11.0. The standard InChI is InChI=1S/C21H35NO5S2/c1-7-21(6,14-18(24)27-19(2,3)15-23)26-16-20(4,5)25-12-13-28-29-17-10-8-9-11-22-17/h8-11,23H,7,12-16H2,1-6H3. The zero-order valence-electron chi connectivity index (χ0n) is 18.4. The number of esters is 1. The van der Waals surface area contributed by atoms with Crippen LogP contribution in [0.2, 0.25) is 0 Å². The summed E-state index contributed by atoms with van der Waals surface area (Å²) in [6, 6.07) is 5.85. The van der Waals surface area contributed by atoms with Gasteiger partial charge in [0.25, 0.3) is 0 Å². The molecule has 0 aliphatic carbocycles. The van der Waals surface area contributed by atoms with Gasteiger partial charge in [0.05, 0.1) is 37.4 Å². The first-order valence-electron chi connectivity index (χ1n) is 9.82. The molecule has 8 heteroatoms. The predicted octanol–water partition coefficient (Wildman–Crippen LogP) is 4.51. The average molecular weight is 446 g/mol. The molecule has 0 radical (unpaired) electrons. The van der Waals surface area contributed by atoms with Crippen molar-refractivity contribution in [3.63, 3.8) is 0 Å². The van der Waals surface area contributed by atoms with Gasteiger partial charge in [-0.1, -0.05) is 23.8 Å². The highest BCUT2D eigenvalue weighted by Gasteiger charge is 2.33. The van der Waals surface area contributed by atoms with Crippen molar-refractivity contribution in [2.75, 3.05) is 25.6 Å². The monoisotopic (exact) mass is 445 g/mol. The predicted molar refractivity (Wildman–Crippen MR) is 119 cm³/mol. The average Bonchev–Trinajstić information content (AvgIpc) is 2.66. The van der Waals surface area contributed by atoms with E-state index in [-0.39, 0.29) is 19.0 Å². The molecule has 1 aromatic heterocycles. The molecular formula is C21H35NO5S2. The van der Waals surface area contributed by atoms with Crippen LogP contribution in [-0.2, 0) is 19.0 Å². The Hall–Kier alpha value is -0.800. The Morgan fingerprint density at radius 1 is 1.14 bits per heavy atom. The Morgan fingerprint density at radius 3 is 2.45 bits per heavy atom. The van der Waals surface area contributed by atoms with Crippen LogP contribution in [0.15, 0.2) is 29.4 Å². The molecule has 166 valence electrons. The largest absolute Gasteiger partial charge is 0.457 e. The summed E-state index contributed by atoms with van der Waals surface area (Å²) >= 11 is 0. The number of rotatable bonds is 14. The van der Waals surface area contributed by atoms with E-state index in [9.17, 15) is 9.90 Å². The lowest BCUT2D eigenvalue weighted by Gasteiger charge is -2.34. The minimum Gasteiger partial charge on any atom is -0.457 e. The maximum atomic E-state index is 12.2. The second kappa shape index (κ2) is 12.2. The van der Waals surface area contributed by atoms with E-state index in [2.05, 4.69) is 4.98 Å². The van der Waals surface area contributed by atoms with Gasteiger partial charge in [-0.2, -0.15) is 0 Å². The topological polar surface area (TPSA) is 77.9 Å². The molecule has 0 bridgehead atoms. The SMILES string of the molecule is CCC(C)(CC(=O)OC(C)(C)CO)OCC(C)(C)OCCSSc1ccccn1. The van der Waals surface area contributed by atoms with E-state index in [1.807, 2.05) is 45.9 Å². The van der Waals surface area contributed by atoms with E-state index >= 15 is 0 Å². The Morgan fingerprint density at radius 2 is 1.86 bits per heavy atom. The van der Waals surface area contributed by atoms with Crippen LogP contribution in [0.25, 0.3) is 0 Å². The number of hydrogen-bond acceptors (Lipinski definition) is 8. The number of aromatic nitrogens is 1. The van der Waals surface area contributed by atoms with Gasteiger partial charge in [0.1, 0.15) is 10.6 Å². The Bertz CT molecular complexity index is 612. The molecular weight excluding hydrogens is 410 g/mol. The molecule has 6 nitrogen and oxygen atoms in total. The van der Waals surface area contributed by atoms with Crippen molar-refractivity contribution in [2.24, 2.45) is 0 Å². The van der Waals surface area contributed by atoms with Gasteiger partial charge < -0.3 is 19.3 Å². The maximum absolute atomic E-state index is 12.2. The van der Waals surface area contributed by atoms with E-state index in [0.717, 1.165) is 10.8 Å². The molecule has 0 amide bonds.